The molecule has 2 aliphatic heterocycles. The molecular weight excluding hydrogens is 418 g/mol. The topological polar surface area (TPSA) is 62.3 Å². The molecule has 0 saturated carbocycles. The number of urea groups is 1. The Morgan fingerprint density at radius 2 is 1.79 bits per heavy atom. The highest BCUT2D eigenvalue weighted by atomic mass is 16.5. The number of imide groups is 1. The van der Waals surface area contributed by atoms with Crippen LogP contribution in [0.15, 0.2) is 36.4 Å². The van der Waals surface area contributed by atoms with Crippen molar-refractivity contribution in [3.05, 3.63) is 42.0 Å². The second kappa shape index (κ2) is 10.7. The van der Waals surface area contributed by atoms with E-state index in [0.717, 1.165) is 37.4 Å². The first-order valence-electron chi connectivity index (χ1n) is 12.2. The van der Waals surface area contributed by atoms with Gasteiger partial charge < -0.3 is 19.3 Å². The maximum atomic E-state index is 13.6. The lowest BCUT2D eigenvalue weighted by Gasteiger charge is -2.43. The van der Waals surface area contributed by atoms with Crippen LogP contribution < -0.4 is 4.74 Å². The van der Waals surface area contributed by atoms with E-state index in [-0.39, 0.29) is 11.9 Å². The van der Waals surface area contributed by atoms with Gasteiger partial charge in [0.2, 0.25) is 0 Å². The van der Waals surface area contributed by atoms with Crippen LogP contribution in [0.2, 0.25) is 0 Å². The third-order valence-corrected chi connectivity index (χ3v) is 7.50. The van der Waals surface area contributed by atoms with Gasteiger partial charge in [-0.25, -0.2) is 4.79 Å². The number of rotatable bonds is 9. The molecule has 1 atom stereocenters. The van der Waals surface area contributed by atoms with Gasteiger partial charge in [0.05, 0.1) is 20.3 Å². The van der Waals surface area contributed by atoms with E-state index in [0.29, 0.717) is 44.9 Å². The molecule has 180 valence electrons. The Kier molecular flexibility index (Phi) is 7.71. The minimum absolute atomic E-state index is 0.0421. The quantitative estimate of drug-likeness (QED) is 0.422. The van der Waals surface area contributed by atoms with Crippen LogP contribution in [0.1, 0.15) is 37.7 Å². The highest BCUT2D eigenvalue weighted by Crippen LogP contribution is 2.38. The predicted molar refractivity (Wildman–Crippen MR) is 127 cm³/mol. The number of amides is 3. The van der Waals surface area contributed by atoms with E-state index in [1.807, 2.05) is 29.2 Å². The van der Waals surface area contributed by atoms with Crippen LogP contribution in [0.5, 0.6) is 5.75 Å². The number of benzene rings is 1. The minimum Gasteiger partial charge on any atom is -0.497 e. The van der Waals surface area contributed by atoms with Crippen molar-refractivity contribution in [2.45, 2.75) is 44.1 Å². The van der Waals surface area contributed by atoms with Gasteiger partial charge in [-0.15, -0.1) is 0 Å². The van der Waals surface area contributed by atoms with Crippen molar-refractivity contribution in [2.24, 2.45) is 5.92 Å². The molecule has 0 radical (unpaired) electrons. The standard InChI is InChI=1S/C26H37N3O4/c1-32-19-18-28-24(30)26(13-16-27(17-14-26)20-22-6-4-3-5-7-22)29(25(28)31)15-12-21-8-10-23(33-2)11-9-21/h3-4,8-11,22H,5-7,12-20H2,1-2H3/t22-/m1/s1. The minimum atomic E-state index is -0.722. The van der Waals surface area contributed by atoms with Gasteiger partial charge in [0, 0.05) is 33.3 Å². The summed E-state index contributed by atoms with van der Waals surface area (Å²) in [6.07, 6.45) is 10.3. The summed E-state index contributed by atoms with van der Waals surface area (Å²) < 4.78 is 10.4. The van der Waals surface area contributed by atoms with Crippen LogP contribution in [0.4, 0.5) is 4.79 Å². The zero-order valence-corrected chi connectivity index (χ0v) is 20.0. The number of nitrogens with zero attached hydrogens (tertiary/aromatic N) is 3. The van der Waals surface area contributed by atoms with Crippen LogP contribution in [0, 0.1) is 5.92 Å². The molecule has 7 nitrogen and oxygen atoms in total. The van der Waals surface area contributed by atoms with E-state index in [9.17, 15) is 9.59 Å². The van der Waals surface area contributed by atoms with E-state index >= 15 is 0 Å². The normalized spacial score (nSPS) is 23.0. The molecular formula is C26H37N3O4. The molecule has 2 saturated heterocycles. The number of ether oxygens (including phenoxy) is 2. The van der Waals surface area contributed by atoms with Gasteiger partial charge in [0.1, 0.15) is 11.3 Å². The van der Waals surface area contributed by atoms with Crippen LogP contribution >= 0.6 is 0 Å². The summed E-state index contributed by atoms with van der Waals surface area (Å²) >= 11 is 0. The highest BCUT2D eigenvalue weighted by Gasteiger charge is 2.57. The molecule has 0 unspecified atom stereocenters. The third kappa shape index (κ3) is 5.09. The summed E-state index contributed by atoms with van der Waals surface area (Å²) in [6, 6.07) is 7.75. The zero-order chi connectivity index (χ0) is 23.3. The Morgan fingerprint density at radius 3 is 2.42 bits per heavy atom. The molecule has 33 heavy (non-hydrogen) atoms. The molecule has 3 amide bonds. The number of methoxy groups -OCH3 is 2. The van der Waals surface area contributed by atoms with Crippen molar-refractivity contribution in [1.29, 1.82) is 0 Å². The highest BCUT2D eigenvalue weighted by molar-refractivity contribution is 6.07. The first-order chi connectivity index (χ1) is 16.1. The number of likely N-dealkylation sites (tertiary alicyclic amines) is 1. The lowest BCUT2D eigenvalue weighted by Crippen LogP contribution is -2.57. The molecule has 1 aliphatic carbocycles. The summed E-state index contributed by atoms with van der Waals surface area (Å²) in [6.45, 7) is 4.01. The maximum Gasteiger partial charge on any atom is 0.327 e. The van der Waals surface area contributed by atoms with Crippen molar-refractivity contribution in [2.75, 3.05) is 53.6 Å². The molecule has 0 aromatic heterocycles. The van der Waals surface area contributed by atoms with Gasteiger partial charge >= 0.3 is 6.03 Å². The second-order valence-corrected chi connectivity index (χ2v) is 9.46. The summed E-state index contributed by atoms with van der Waals surface area (Å²) in [5, 5.41) is 0. The van der Waals surface area contributed by atoms with Crippen molar-refractivity contribution in [3.8, 4) is 5.75 Å². The maximum absolute atomic E-state index is 13.6. The number of hydrogen-bond donors (Lipinski definition) is 0. The summed E-state index contributed by atoms with van der Waals surface area (Å²) in [4.78, 5) is 32.7. The van der Waals surface area contributed by atoms with Crippen LogP contribution in [0.3, 0.4) is 0 Å². The van der Waals surface area contributed by atoms with Crippen LogP contribution in [-0.2, 0) is 16.0 Å². The van der Waals surface area contributed by atoms with Crippen molar-refractivity contribution in [3.63, 3.8) is 0 Å². The van der Waals surface area contributed by atoms with Crippen molar-refractivity contribution >= 4 is 11.9 Å². The molecule has 1 aromatic rings. The fourth-order valence-corrected chi connectivity index (χ4v) is 5.48. The lowest BCUT2D eigenvalue weighted by atomic mass is 9.84. The average Bonchev–Trinajstić information content (AvgIpc) is 3.04. The summed E-state index contributed by atoms with van der Waals surface area (Å²) in [5.41, 5.74) is 0.407. The van der Waals surface area contributed by atoms with Gasteiger partial charge in [0.25, 0.3) is 5.91 Å². The number of carbonyl (C=O) groups excluding carboxylic acids is 2. The van der Waals surface area contributed by atoms with Gasteiger partial charge in [-0.05, 0) is 62.1 Å². The van der Waals surface area contributed by atoms with Gasteiger partial charge in [-0.3, -0.25) is 9.69 Å². The first-order valence-corrected chi connectivity index (χ1v) is 12.2. The van der Waals surface area contributed by atoms with E-state index in [1.54, 1.807) is 14.2 Å². The van der Waals surface area contributed by atoms with E-state index in [4.69, 9.17) is 9.47 Å². The Bertz CT molecular complexity index is 846. The lowest BCUT2D eigenvalue weighted by molar-refractivity contribution is -0.136. The fourth-order valence-electron chi connectivity index (χ4n) is 5.48. The van der Waals surface area contributed by atoms with E-state index in [2.05, 4.69) is 17.1 Å². The zero-order valence-electron chi connectivity index (χ0n) is 20.0. The largest absolute Gasteiger partial charge is 0.497 e. The number of piperidine rings is 1. The molecule has 0 bridgehead atoms. The molecule has 7 heteroatoms. The van der Waals surface area contributed by atoms with E-state index < -0.39 is 5.54 Å². The predicted octanol–water partition coefficient (Wildman–Crippen LogP) is 3.34. The third-order valence-electron chi connectivity index (χ3n) is 7.50. The first kappa shape index (κ1) is 23.8. The fraction of sp³-hybridized carbons (Fsp3) is 0.615. The Labute approximate surface area is 197 Å². The monoisotopic (exact) mass is 455 g/mol. The molecule has 1 aromatic carbocycles. The van der Waals surface area contributed by atoms with Gasteiger partial charge in [0.15, 0.2) is 0 Å². The molecule has 4 rings (SSSR count). The molecule has 0 N–H and O–H groups in total. The Morgan fingerprint density at radius 1 is 1.03 bits per heavy atom. The smallest absolute Gasteiger partial charge is 0.327 e. The van der Waals surface area contributed by atoms with Gasteiger partial charge in [-0.1, -0.05) is 24.3 Å². The summed E-state index contributed by atoms with van der Waals surface area (Å²) in [5.74, 6) is 1.48. The molecule has 3 aliphatic rings. The van der Waals surface area contributed by atoms with Gasteiger partial charge in [-0.2, -0.15) is 0 Å². The Hall–Kier alpha value is -2.38. The number of carbonyl (C=O) groups is 2. The van der Waals surface area contributed by atoms with Crippen LogP contribution in [-0.4, -0.2) is 85.7 Å². The van der Waals surface area contributed by atoms with Crippen LogP contribution in [0.25, 0.3) is 0 Å². The molecule has 2 heterocycles. The second-order valence-electron chi connectivity index (χ2n) is 9.46. The van der Waals surface area contributed by atoms with Crippen molar-refractivity contribution < 1.29 is 19.1 Å². The SMILES string of the molecule is COCCN1C(=O)N(CCc2ccc(OC)cc2)C2(CCN(C[C@@H]3CC=CCC3)CC2)C1=O. The average molecular weight is 456 g/mol. The molecule has 2 fully saturated rings. The summed E-state index contributed by atoms with van der Waals surface area (Å²) in [7, 11) is 3.25. The Balaban J connectivity index is 1.45. The molecule has 1 spiro atoms. The van der Waals surface area contributed by atoms with Crippen molar-refractivity contribution in [1.82, 2.24) is 14.7 Å². The number of hydrogen-bond acceptors (Lipinski definition) is 5. The van der Waals surface area contributed by atoms with E-state index in [1.165, 1.54) is 17.7 Å². The number of allylic oxidation sites excluding steroid dienone is 2.